The normalized spacial score (nSPS) is 13.5. The van der Waals surface area contributed by atoms with Gasteiger partial charge in [-0.3, -0.25) is 25.0 Å². The van der Waals surface area contributed by atoms with Gasteiger partial charge in [0.05, 0.1) is 4.92 Å². The Morgan fingerprint density at radius 1 is 1.35 bits per heavy atom. The van der Waals surface area contributed by atoms with Crippen molar-refractivity contribution in [3.8, 4) is 0 Å². The van der Waals surface area contributed by atoms with Crippen LogP contribution in [0.4, 0.5) is 0 Å². The van der Waals surface area contributed by atoms with Gasteiger partial charge >= 0.3 is 5.79 Å². The molecule has 1 amide bonds. The number of nitrogens with one attached hydrogen (secondary N) is 1. The van der Waals surface area contributed by atoms with Gasteiger partial charge < -0.3 is 0 Å². The van der Waals surface area contributed by atoms with Crippen LogP contribution in [0.5, 0.6) is 0 Å². The summed E-state index contributed by atoms with van der Waals surface area (Å²) in [6, 6.07) is 7.51. The van der Waals surface area contributed by atoms with Gasteiger partial charge in [0.1, 0.15) is 0 Å². The summed E-state index contributed by atoms with van der Waals surface area (Å²) < 4.78 is 0. The van der Waals surface area contributed by atoms with Crippen LogP contribution in [-0.2, 0) is 4.79 Å². The SMILES string of the molecule is CC(=O)NC(N)(C(=O)c1ccccc1)[N+](=O)[O-]. The Morgan fingerprint density at radius 3 is 2.29 bits per heavy atom. The number of hydrogen-bond acceptors (Lipinski definition) is 5. The Kier molecular flexibility index (Phi) is 3.54. The zero-order valence-electron chi connectivity index (χ0n) is 9.04. The van der Waals surface area contributed by atoms with E-state index in [2.05, 4.69) is 0 Å². The second kappa shape index (κ2) is 4.71. The molecule has 0 aliphatic rings. The third kappa shape index (κ3) is 2.64. The Hall–Kier alpha value is -2.28. The highest BCUT2D eigenvalue weighted by molar-refractivity contribution is 6.03. The van der Waals surface area contributed by atoms with Crippen LogP contribution in [0.3, 0.4) is 0 Å². The highest BCUT2D eigenvalue weighted by atomic mass is 16.6. The zero-order valence-corrected chi connectivity index (χ0v) is 9.04. The number of carbonyl (C=O) groups is 2. The van der Waals surface area contributed by atoms with Crippen molar-refractivity contribution in [3.05, 3.63) is 46.0 Å². The highest BCUT2D eigenvalue weighted by Gasteiger charge is 2.48. The molecule has 3 N–H and O–H groups in total. The van der Waals surface area contributed by atoms with Gasteiger partial charge in [-0.15, -0.1) is 0 Å². The average molecular weight is 237 g/mol. The molecule has 1 unspecified atom stereocenters. The second-order valence-electron chi connectivity index (χ2n) is 3.40. The van der Waals surface area contributed by atoms with E-state index >= 15 is 0 Å². The second-order valence-corrected chi connectivity index (χ2v) is 3.40. The smallest absolute Gasteiger partial charge is 0.282 e. The van der Waals surface area contributed by atoms with Gasteiger partial charge in [0.2, 0.25) is 5.91 Å². The molecule has 1 atom stereocenters. The molecule has 0 aromatic heterocycles. The first-order valence-corrected chi connectivity index (χ1v) is 4.70. The van der Waals surface area contributed by atoms with E-state index in [9.17, 15) is 19.7 Å². The molecule has 0 aliphatic heterocycles. The van der Waals surface area contributed by atoms with Gasteiger partial charge in [-0.1, -0.05) is 30.3 Å². The third-order valence-electron chi connectivity index (χ3n) is 2.04. The number of nitrogens with zero attached hydrogens (tertiary/aromatic N) is 1. The first-order valence-electron chi connectivity index (χ1n) is 4.70. The van der Waals surface area contributed by atoms with Crippen LogP contribution in [-0.4, -0.2) is 22.4 Å². The van der Waals surface area contributed by atoms with Crippen LogP contribution in [0, 0.1) is 10.1 Å². The molecule has 0 bridgehead atoms. The maximum atomic E-state index is 11.9. The molecule has 17 heavy (non-hydrogen) atoms. The Morgan fingerprint density at radius 2 is 1.88 bits per heavy atom. The quantitative estimate of drug-likeness (QED) is 0.328. The number of Topliss-reactive ketones (excluding diaryl/α,β-unsaturated/α-hetero) is 1. The van der Waals surface area contributed by atoms with Crippen molar-refractivity contribution >= 4 is 11.7 Å². The van der Waals surface area contributed by atoms with Gasteiger partial charge in [0.15, 0.2) is 0 Å². The van der Waals surface area contributed by atoms with E-state index in [0.29, 0.717) is 0 Å². The van der Waals surface area contributed by atoms with Gasteiger partial charge in [-0.2, -0.15) is 0 Å². The highest BCUT2D eigenvalue weighted by Crippen LogP contribution is 2.09. The maximum absolute atomic E-state index is 11.9. The Bertz CT molecular complexity index is 460. The van der Waals surface area contributed by atoms with Crippen molar-refractivity contribution in [1.29, 1.82) is 0 Å². The van der Waals surface area contributed by atoms with E-state index in [0.717, 1.165) is 6.92 Å². The Labute approximate surface area is 96.8 Å². The van der Waals surface area contributed by atoms with E-state index in [-0.39, 0.29) is 5.56 Å². The molecule has 0 saturated heterocycles. The molecule has 0 aliphatic carbocycles. The minimum Gasteiger partial charge on any atom is -0.282 e. The summed E-state index contributed by atoms with van der Waals surface area (Å²) in [5.41, 5.74) is 5.39. The average Bonchev–Trinajstić information content (AvgIpc) is 2.28. The van der Waals surface area contributed by atoms with E-state index in [1.165, 1.54) is 12.1 Å². The molecule has 1 aromatic carbocycles. The number of hydrogen-bond donors (Lipinski definition) is 2. The lowest BCUT2D eigenvalue weighted by atomic mass is 10.1. The van der Waals surface area contributed by atoms with Gasteiger partial charge in [0.25, 0.3) is 5.78 Å². The molecule has 0 saturated carbocycles. The minimum atomic E-state index is -2.63. The van der Waals surface area contributed by atoms with Crippen LogP contribution >= 0.6 is 0 Å². The van der Waals surface area contributed by atoms with E-state index in [1.54, 1.807) is 18.2 Å². The molecular formula is C10H11N3O4. The molecule has 0 spiro atoms. The van der Waals surface area contributed by atoms with E-state index in [4.69, 9.17) is 5.73 Å². The lowest BCUT2D eigenvalue weighted by molar-refractivity contribution is -0.553. The molecule has 0 heterocycles. The van der Waals surface area contributed by atoms with Crippen LogP contribution in [0.2, 0.25) is 0 Å². The molecule has 0 radical (unpaired) electrons. The topological polar surface area (TPSA) is 115 Å². The summed E-state index contributed by atoms with van der Waals surface area (Å²) in [7, 11) is 0. The number of nitrogens with two attached hydrogens (primary N) is 1. The Balaban J connectivity index is 3.12. The van der Waals surface area contributed by atoms with E-state index in [1.807, 2.05) is 5.32 Å². The van der Waals surface area contributed by atoms with Crippen molar-refractivity contribution in [2.75, 3.05) is 0 Å². The number of rotatable bonds is 4. The van der Waals surface area contributed by atoms with Crippen molar-refractivity contribution in [1.82, 2.24) is 5.32 Å². The number of nitro groups is 1. The van der Waals surface area contributed by atoms with Crippen molar-refractivity contribution < 1.29 is 14.5 Å². The van der Waals surface area contributed by atoms with Crippen molar-refractivity contribution in [2.24, 2.45) is 5.73 Å². The minimum absolute atomic E-state index is 0.0560. The van der Waals surface area contributed by atoms with Gasteiger partial charge in [0, 0.05) is 12.5 Å². The molecule has 0 fully saturated rings. The third-order valence-corrected chi connectivity index (χ3v) is 2.04. The first kappa shape index (κ1) is 12.8. The maximum Gasteiger partial charge on any atom is 0.417 e. The molecule has 1 rings (SSSR count). The van der Waals surface area contributed by atoms with Crippen LogP contribution in [0.25, 0.3) is 0 Å². The largest absolute Gasteiger partial charge is 0.417 e. The summed E-state index contributed by atoms with van der Waals surface area (Å²) >= 11 is 0. The molecule has 7 heteroatoms. The van der Waals surface area contributed by atoms with Crippen LogP contribution < -0.4 is 11.1 Å². The number of carbonyl (C=O) groups excluding carboxylic acids is 2. The van der Waals surface area contributed by atoms with Gasteiger partial charge in [-0.05, 0) is 0 Å². The van der Waals surface area contributed by atoms with Crippen LogP contribution in [0.15, 0.2) is 30.3 Å². The van der Waals surface area contributed by atoms with Gasteiger partial charge in [-0.25, -0.2) is 5.73 Å². The first-order chi connectivity index (χ1) is 7.88. The number of ketones is 1. The zero-order chi connectivity index (χ0) is 13.1. The monoisotopic (exact) mass is 237 g/mol. The summed E-state index contributed by atoms with van der Waals surface area (Å²) in [5, 5.41) is 12.7. The predicted octanol–water partition coefficient (Wildman–Crippen LogP) is -0.105. The fraction of sp³-hybridized carbons (Fsp3) is 0.200. The molecular weight excluding hydrogens is 226 g/mol. The fourth-order valence-corrected chi connectivity index (χ4v) is 1.26. The summed E-state index contributed by atoms with van der Waals surface area (Å²) in [4.78, 5) is 32.5. The van der Waals surface area contributed by atoms with E-state index < -0.39 is 22.4 Å². The van der Waals surface area contributed by atoms with Crippen molar-refractivity contribution in [2.45, 2.75) is 12.7 Å². The summed E-state index contributed by atoms with van der Waals surface area (Å²) in [6.45, 7) is 1.05. The summed E-state index contributed by atoms with van der Waals surface area (Å²) in [6.07, 6.45) is 0. The number of benzene rings is 1. The molecule has 90 valence electrons. The van der Waals surface area contributed by atoms with Crippen LogP contribution in [0.1, 0.15) is 17.3 Å². The standard InChI is InChI=1S/C10H11N3O4/c1-7(14)12-10(11,13(16)17)9(15)8-5-3-2-4-6-8/h2-6H,11H2,1H3,(H,12,14). The lowest BCUT2D eigenvalue weighted by Gasteiger charge is -2.19. The lowest BCUT2D eigenvalue weighted by Crippen LogP contribution is -2.66. The van der Waals surface area contributed by atoms with Crippen molar-refractivity contribution in [3.63, 3.8) is 0 Å². The fourth-order valence-electron chi connectivity index (χ4n) is 1.26. The number of amides is 1. The summed E-state index contributed by atoms with van der Waals surface area (Å²) in [5.74, 6) is -4.36. The molecule has 7 nitrogen and oxygen atoms in total. The predicted molar refractivity (Wildman–Crippen MR) is 58.5 cm³/mol. The molecule has 1 aromatic rings.